The van der Waals surface area contributed by atoms with E-state index in [0.717, 1.165) is 11.4 Å². The fourth-order valence-corrected chi connectivity index (χ4v) is 2.15. The van der Waals surface area contributed by atoms with E-state index in [1.807, 2.05) is 20.2 Å². The fraction of sp³-hybridized carbons (Fsp3) is 0.545. The van der Waals surface area contributed by atoms with Gasteiger partial charge in [-0.2, -0.15) is 0 Å². The van der Waals surface area contributed by atoms with Gasteiger partial charge < -0.3 is 15.1 Å². The molecule has 0 aliphatic carbocycles. The minimum atomic E-state index is 0.0552. The monoisotopic (exact) mass is 267 g/mol. The van der Waals surface area contributed by atoms with Crippen LogP contribution in [0.15, 0.2) is 10.6 Å². The lowest BCUT2D eigenvalue weighted by molar-refractivity contribution is 0.441. The Hall–Kier alpha value is -1.47. The van der Waals surface area contributed by atoms with Crippen molar-refractivity contribution in [3.8, 4) is 0 Å². The first-order valence-electron chi connectivity index (χ1n) is 5.91. The summed E-state index contributed by atoms with van der Waals surface area (Å²) in [5, 5.41) is 15.0. The van der Waals surface area contributed by atoms with E-state index in [1.165, 1.54) is 4.88 Å². The molecule has 2 aromatic heterocycles. The van der Waals surface area contributed by atoms with E-state index in [2.05, 4.69) is 32.7 Å². The molecule has 0 saturated heterocycles. The lowest BCUT2D eigenvalue weighted by Crippen LogP contribution is -2.12. The Morgan fingerprint density at radius 1 is 1.44 bits per heavy atom. The van der Waals surface area contributed by atoms with Gasteiger partial charge in [0.15, 0.2) is 0 Å². The molecule has 6 nitrogen and oxygen atoms in total. The van der Waals surface area contributed by atoms with Gasteiger partial charge in [0.2, 0.25) is 5.89 Å². The third kappa shape index (κ3) is 3.05. The maximum atomic E-state index is 5.47. The summed E-state index contributed by atoms with van der Waals surface area (Å²) in [5.41, 5.74) is 0. The highest BCUT2D eigenvalue weighted by molar-refractivity contribution is 7.11. The largest absolute Gasteiger partial charge is 0.406 e. The second-order valence-corrected chi connectivity index (χ2v) is 5.08. The van der Waals surface area contributed by atoms with E-state index < -0.39 is 0 Å². The normalized spacial score (nSPS) is 12.6. The van der Waals surface area contributed by atoms with E-state index in [9.17, 15) is 0 Å². The number of hydrogen-bond donors (Lipinski definition) is 2. The molecule has 1 atom stereocenters. The fourth-order valence-electron chi connectivity index (χ4n) is 1.35. The summed E-state index contributed by atoms with van der Waals surface area (Å²) in [6.45, 7) is 4.69. The van der Waals surface area contributed by atoms with Gasteiger partial charge in [-0.1, -0.05) is 12.0 Å². The molecular weight excluding hydrogens is 250 g/mol. The molecule has 0 bridgehead atoms. The van der Waals surface area contributed by atoms with E-state index >= 15 is 0 Å². The van der Waals surface area contributed by atoms with Crippen molar-refractivity contribution in [2.45, 2.75) is 32.9 Å². The van der Waals surface area contributed by atoms with E-state index in [4.69, 9.17) is 4.42 Å². The first-order chi connectivity index (χ1) is 8.72. The number of aryl methyl sites for hydroxylation is 1. The van der Waals surface area contributed by atoms with Gasteiger partial charge in [0, 0.05) is 11.1 Å². The van der Waals surface area contributed by atoms with Gasteiger partial charge in [-0.25, -0.2) is 4.98 Å². The van der Waals surface area contributed by atoms with Crippen LogP contribution in [-0.2, 0) is 13.0 Å². The Morgan fingerprint density at radius 3 is 2.94 bits per heavy atom. The van der Waals surface area contributed by atoms with Crippen LogP contribution in [-0.4, -0.2) is 22.2 Å². The number of rotatable bonds is 6. The van der Waals surface area contributed by atoms with Crippen molar-refractivity contribution in [3.63, 3.8) is 0 Å². The van der Waals surface area contributed by atoms with Crippen LogP contribution in [0.4, 0.5) is 6.01 Å². The number of thiazole rings is 1. The summed E-state index contributed by atoms with van der Waals surface area (Å²) in [7, 11) is 1.85. The lowest BCUT2D eigenvalue weighted by Gasteiger charge is -2.02. The van der Waals surface area contributed by atoms with Crippen molar-refractivity contribution in [1.82, 2.24) is 20.5 Å². The Morgan fingerprint density at radius 2 is 2.28 bits per heavy atom. The SMILES string of the molecule is CCc1cnc(CNc2nnc(C(C)NC)o2)s1. The van der Waals surface area contributed by atoms with Crippen molar-refractivity contribution in [2.24, 2.45) is 0 Å². The molecule has 1 unspecified atom stereocenters. The molecule has 0 spiro atoms. The van der Waals surface area contributed by atoms with E-state index in [1.54, 1.807) is 11.3 Å². The molecular formula is C11H17N5OS. The summed E-state index contributed by atoms with van der Waals surface area (Å²) in [6, 6.07) is 0.486. The Bertz CT molecular complexity index is 495. The second-order valence-electron chi connectivity index (χ2n) is 3.88. The Balaban J connectivity index is 1.91. The highest BCUT2D eigenvalue weighted by Crippen LogP contribution is 2.16. The molecule has 0 fully saturated rings. The van der Waals surface area contributed by atoms with Crippen LogP contribution in [0.1, 0.15) is 35.7 Å². The minimum Gasteiger partial charge on any atom is -0.406 e. The quantitative estimate of drug-likeness (QED) is 0.833. The molecule has 0 aliphatic heterocycles. The smallest absolute Gasteiger partial charge is 0.315 e. The third-order valence-corrected chi connectivity index (χ3v) is 3.73. The molecule has 98 valence electrons. The summed E-state index contributed by atoms with van der Waals surface area (Å²) < 4.78 is 5.47. The van der Waals surface area contributed by atoms with Gasteiger partial charge in [-0.3, -0.25) is 0 Å². The van der Waals surface area contributed by atoms with Gasteiger partial charge in [0.05, 0.1) is 12.6 Å². The van der Waals surface area contributed by atoms with Crippen molar-refractivity contribution < 1.29 is 4.42 Å². The first-order valence-corrected chi connectivity index (χ1v) is 6.72. The average molecular weight is 267 g/mol. The Labute approximate surface area is 110 Å². The van der Waals surface area contributed by atoms with E-state index in [0.29, 0.717) is 18.5 Å². The second kappa shape index (κ2) is 5.92. The van der Waals surface area contributed by atoms with Gasteiger partial charge in [-0.15, -0.1) is 16.4 Å². The van der Waals surface area contributed by atoms with Crippen molar-refractivity contribution in [1.29, 1.82) is 0 Å². The number of aromatic nitrogens is 3. The number of nitrogens with zero attached hydrogens (tertiary/aromatic N) is 3. The Kier molecular flexibility index (Phi) is 4.27. The molecule has 0 aromatic carbocycles. The number of nitrogens with one attached hydrogen (secondary N) is 2. The van der Waals surface area contributed by atoms with Gasteiger partial charge in [-0.05, 0) is 20.4 Å². The highest BCUT2D eigenvalue weighted by Gasteiger charge is 2.11. The maximum Gasteiger partial charge on any atom is 0.315 e. The average Bonchev–Trinajstić information content (AvgIpc) is 3.04. The molecule has 0 radical (unpaired) electrons. The minimum absolute atomic E-state index is 0.0552. The van der Waals surface area contributed by atoms with Crippen molar-refractivity contribution in [3.05, 3.63) is 22.0 Å². The van der Waals surface area contributed by atoms with Crippen LogP contribution in [0.25, 0.3) is 0 Å². The van der Waals surface area contributed by atoms with Crippen LogP contribution in [0.3, 0.4) is 0 Å². The van der Waals surface area contributed by atoms with Crippen LogP contribution < -0.4 is 10.6 Å². The molecule has 2 rings (SSSR count). The highest BCUT2D eigenvalue weighted by atomic mass is 32.1. The summed E-state index contributed by atoms with van der Waals surface area (Å²) in [6.07, 6.45) is 2.92. The zero-order valence-electron chi connectivity index (χ0n) is 10.7. The zero-order chi connectivity index (χ0) is 13.0. The predicted octanol–water partition coefficient (Wildman–Crippen LogP) is 1.98. The van der Waals surface area contributed by atoms with Gasteiger partial charge >= 0.3 is 6.01 Å². The number of hydrogen-bond acceptors (Lipinski definition) is 7. The molecule has 2 aromatic rings. The van der Waals surface area contributed by atoms with Crippen LogP contribution >= 0.6 is 11.3 Å². The molecule has 18 heavy (non-hydrogen) atoms. The predicted molar refractivity (Wildman–Crippen MR) is 70.6 cm³/mol. The third-order valence-electron chi connectivity index (χ3n) is 2.58. The van der Waals surface area contributed by atoms with Gasteiger partial charge in [0.25, 0.3) is 0 Å². The van der Waals surface area contributed by atoms with Crippen LogP contribution in [0.2, 0.25) is 0 Å². The summed E-state index contributed by atoms with van der Waals surface area (Å²) in [5.74, 6) is 0.577. The lowest BCUT2D eigenvalue weighted by atomic mass is 10.3. The molecule has 0 aliphatic rings. The zero-order valence-corrected chi connectivity index (χ0v) is 11.5. The standard InChI is InChI=1S/C11H17N5OS/c1-4-8-5-13-9(18-8)6-14-11-16-15-10(17-11)7(2)12-3/h5,7,12H,4,6H2,1-3H3,(H,14,16). The maximum absolute atomic E-state index is 5.47. The topological polar surface area (TPSA) is 75.9 Å². The molecule has 2 heterocycles. The number of anilines is 1. The van der Waals surface area contributed by atoms with Gasteiger partial charge in [0.1, 0.15) is 5.01 Å². The molecule has 7 heteroatoms. The van der Waals surface area contributed by atoms with Crippen molar-refractivity contribution >= 4 is 17.4 Å². The molecule has 0 saturated carbocycles. The van der Waals surface area contributed by atoms with Crippen molar-refractivity contribution in [2.75, 3.05) is 12.4 Å². The summed E-state index contributed by atoms with van der Waals surface area (Å²) >= 11 is 1.69. The van der Waals surface area contributed by atoms with Crippen LogP contribution in [0, 0.1) is 0 Å². The first kappa shape index (κ1) is 13.0. The molecule has 0 amide bonds. The van der Waals surface area contributed by atoms with Crippen LogP contribution in [0.5, 0.6) is 0 Å². The van der Waals surface area contributed by atoms with E-state index in [-0.39, 0.29) is 6.04 Å². The molecule has 2 N–H and O–H groups in total. The summed E-state index contributed by atoms with van der Waals surface area (Å²) in [4.78, 5) is 5.59.